The van der Waals surface area contributed by atoms with Gasteiger partial charge in [-0.3, -0.25) is 14.7 Å². The number of rotatable bonds is 4. The Morgan fingerprint density at radius 3 is 2.89 bits per heavy atom. The van der Waals surface area contributed by atoms with Crippen LogP contribution < -0.4 is 10.3 Å². The molecule has 1 aromatic carbocycles. The van der Waals surface area contributed by atoms with E-state index in [9.17, 15) is 13.2 Å². The van der Waals surface area contributed by atoms with Crippen LogP contribution in [0, 0.1) is 0 Å². The van der Waals surface area contributed by atoms with E-state index in [4.69, 9.17) is 4.74 Å². The van der Waals surface area contributed by atoms with Gasteiger partial charge in [0, 0.05) is 48.6 Å². The lowest BCUT2D eigenvalue weighted by Gasteiger charge is -2.27. The van der Waals surface area contributed by atoms with Crippen molar-refractivity contribution in [3.63, 3.8) is 0 Å². The zero-order chi connectivity index (χ0) is 19.2. The number of nitrogens with zero attached hydrogens (tertiary/aromatic N) is 2. The summed E-state index contributed by atoms with van der Waals surface area (Å²) in [7, 11) is -1.93. The van der Waals surface area contributed by atoms with E-state index in [0.29, 0.717) is 37.3 Å². The summed E-state index contributed by atoms with van der Waals surface area (Å²) in [4.78, 5) is 24.2. The lowest BCUT2D eigenvalue weighted by Crippen LogP contribution is -2.35. The Balaban J connectivity index is 1.64. The minimum Gasteiger partial charge on any atom is -0.497 e. The Hall–Kier alpha value is -2.65. The zero-order valence-corrected chi connectivity index (χ0v) is 15.9. The number of H-pyrrole nitrogens is 2. The summed E-state index contributed by atoms with van der Waals surface area (Å²) in [5, 5.41) is 0.806. The smallest absolute Gasteiger partial charge is 0.255 e. The van der Waals surface area contributed by atoms with Gasteiger partial charge in [0.25, 0.3) is 5.56 Å². The van der Waals surface area contributed by atoms with Gasteiger partial charge in [0.05, 0.1) is 12.8 Å². The van der Waals surface area contributed by atoms with Crippen LogP contribution in [0.2, 0.25) is 0 Å². The van der Waals surface area contributed by atoms with Crippen molar-refractivity contribution in [1.82, 2.24) is 19.9 Å². The van der Waals surface area contributed by atoms with Crippen LogP contribution in [0.4, 0.5) is 0 Å². The van der Waals surface area contributed by atoms with Gasteiger partial charge in [-0.2, -0.15) is 0 Å². The first-order valence-electron chi connectivity index (χ1n) is 8.53. The van der Waals surface area contributed by atoms with Gasteiger partial charge in [-0.05, 0) is 30.2 Å². The Morgan fingerprint density at radius 2 is 2.15 bits per heavy atom. The van der Waals surface area contributed by atoms with Crippen molar-refractivity contribution in [1.29, 1.82) is 0 Å². The fourth-order valence-electron chi connectivity index (χ4n) is 3.44. The van der Waals surface area contributed by atoms with Crippen LogP contribution in [0.25, 0.3) is 10.9 Å². The third-order valence-electron chi connectivity index (χ3n) is 4.85. The molecule has 0 bridgehead atoms. The van der Waals surface area contributed by atoms with Crippen LogP contribution >= 0.6 is 0 Å². The summed E-state index contributed by atoms with van der Waals surface area (Å²) in [6.07, 6.45) is 3.54. The van der Waals surface area contributed by atoms with Crippen LogP contribution in [0.15, 0.2) is 34.3 Å². The minimum absolute atomic E-state index is 0.273. The number of sulfone groups is 1. The van der Waals surface area contributed by atoms with Crippen LogP contribution in [0.5, 0.6) is 5.75 Å². The highest BCUT2D eigenvalue weighted by Gasteiger charge is 2.24. The summed E-state index contributed by atoms with van der Waals surface area (Å²) < 4.78 is 28.8. The average Bonchev–Trinajstić information content (AvgIpc) is 3.02. The number of aromatic nitrogens is 3. The summed E-state index contributed by atoms with van der Waals surface area (Å²) in [5.41, 5.74) is 2.87. The fourth-order valence-corrected chi connectivity index (χ4v) is 3.99. The van der Waals surface area contributed by atoms with E-state index >= 15 is 0 Å². The van der Waals surface area contributed by atoms with Gasteiger partial charge in [0.1, 0.15) is 5.75 Å². The molecule has 0 saturated carbocycles. The second kappa shape index (κ2) is 6.50. The van der Waals surface area contributed by atoms with Gasteiger partial charge >= 0.3 is 0 Å². The molecule has 1 aliphatic rings. The third kappa shape index (κ3) is 3.35. The van der Waals surface area contributed by atoms with Crippen LogP contribution in [0.3, 0.4) is 0 Å². The number of aromatic amines is 2. The zero-order valence-electron chi connectivity index (χ0n) is 15.1. The first kappa shape index (κ1) is 17.7. The summed E-state index contributed by atoms with van der Waals surface area (Å²) >= 11 is 0. The number of methoxy groups -OCH3 is 1. The van der Waals surface area contributed by atoms with Crippen molar-refractivity contribution >= 4 is 20.7 Å². The highest BCUT2D eigenvalue weighted by Crippen LogP contribution is 2.26. The predicted molar refractivity (Wildman–Crippen MR) is 101 cm³/mol. The Labute approximate surface area is 156 Å². The molecule has 0 saturated heterocycles. The normalized spacial score (nSPS) is 15.0. The molecule has 2 N–H and O–H groups in total. The SMILES string of the molecule is COc1ccc2[nH]cc(CN3CCc4c(nc(S(C)(=O)=O)[nH]c4=O)C3)c2c1. The molecule has 0 atom stereocenters. The van der Waals surface area contributed by atoms with Crippen molar-refractivity contribution in [3.8, 4) is 5.75 Å². The molecule has 0 radical (unpaired) electrons. The molecule has 4 rings (SSSR count). The maximum Gasteiger partial charge on any atom is 0.255 e. The summed E-state index contributed by atoms with van der Waals surface area (Å²) in [6.45, 7) is 1.79. The molecule has 9 heteroatoms. The molecule has 0 spiro atoms. The van der Waals surface area contributed by atoms with E-state index < -0.39 is 9.84 Å². The van der Waals surface area contributed by atoms with Crippen molar-refractivity contribution in [3.05, 3.63) is 51.6 Å². The van der Waals surface area contributed by atoms with Crippen LogP contribution in [0.1, 0.15) is 16.8 Å². The van der Waals surface area contributed by atoms with Crippen LogP contribution in [-0.4, -0.2) is 48.2 Å². The number of nitrogens with one attached hydrogen (secondary N) is 2. The van der Waals surface area contributed by atoms with Gasteiger partial charge in [0.2, 0.25) is 15.0 Å². The van der Waals surface area contributed by atoms with Crippen LogP contribution in [-0.2, 0) is 29.3 Å². The maximum atomic E-state index is 12.2. The minimum atomic E-state index is -3.57. The quantitative estimate of drug-likeness (QED) is 0.651. The van der Waals surface area contributed by atoms with Crippen molar-refractivity contribution in [2.45, 2.75) is 24.7 Å². The molecular weight excluding hydrogens is 368 g/mol. The second-order valence-electron chi connectivity index (χ2n) is 6.75. The summed E-state index contributed by atoms with van der Waals surface area (Å²) in [6, 6.07) is 5.87. The van der Waals surface area contributed by atoms with Gasteiger partial charge in [0.15, 0.2) is 0 Å². The molecule has 27 heavy (non-hydrogen) atoms. The van der Waals surface area contributed by atoms with E-state index in [1.807, 2.05) is 24.4 Å². The van der Waals surface area contributed by atoms with Gasteiger partial charge in [-0.1, -0.05) is 0 Å². The fraction of sp³-hybridized carbons (Fsp3) is 0.333. The molecule has 0 unspecified atom stereocenters. The highest BCUT2D eigenvalue weighted by molar-refractivity contribution is 7.90. The van der Waals surface area contributed by atoms with Crippen molar-refractivity contribution in [2.24, 2.45) is 0 Å². The van der Waals surface area contributed by atoms with Crippen molar-refractivity contribution < 1.29 is 13.2 Å². The molecule has 1 aliphatic heterocycles. The molecule has 0 aliphatic carbocycles. The molecule has 3 heterocycles. The topological polar surface area (TPSA) is 108 Å². The molecule has 3 aromatic rings. The largest absolute Gasteiger partial charge is 0.497 e. The number of benzene rings is 1. The predicted octanol–water partition coefficient (Wildman–Crippen LogP) is 1.22. The Bertz CT molecular complexity index is 1180. The summed E-state index contributed by atoms with van der Waals surface area (Å²) in [5.74, 6) is 0.790. The Morgan fingerprint density at radius 1 is 1.33 bits per heavy atom. The number of hydrogen-bond donors (Lipinski definition) is 2. The molecule has 2 aromatic heterocycles. The van der Waals surface area contributed by atoms with E-state index in [-0.39, 0.29) is 10.7 Å². The molecule has 0 amide bonds. The monoisotopic (exact) mass is 388 g/mol. The van der Waals surface area contributed by atoms with Crippen molar-refractivity contribution in [2.75, 3.05) is 19.9 Å². The average molecular weight is 388 g/mol. The first-order chi connectivity index (χ1) is 12.8. The number of ether oxygens (including phenoxy) is 1. The standard InChI is InChI=1S/C18H20N4O4S/c1-26-12-3-4-15-14(7-12)11(8-19-15)9-22-6-5-13-16(10-22)20-18(21-17(13)23)27(2,24)25/h3-4,7-8,19H,5-6,9-10H2,1-2H3,(H,20,21,23). The number of hydrogen-bond acceptors (Lipinski definition) is 6. The van der Waals surface area contributed by atoms with E-state index in [0.717, 1.165) is 28.5 Å². The lowest BCUT2D eigenvalue weighted by atomic mass is 10.1. The Kier molecular flexibility index (Phi) is 4.27. The first-order valence-corrected chi connectivity index (χ1v) is 10.4. The van der Waals surface area contributed by atoms with Gasteiger partial charge in [-0.15, -0.1) is 0 Å². The highest BCUT2D eigenvalue weighted by atomic mass is 32.2. The molecule has 0 fully saturated rings. The van der Waals surface area contributed by atoms with E-state index in [2.05, 4.69) is 19.9 Å². The van der Waals surface area contributed by atoms with Gasteiger partial charge in [-0.25, -0.2) is 13.4 Å². The second-order valence-corrected chi connectivity index (χ2v) is 8.69. The van der Waals surface area contributed by atoms with E-state index in [1.54, 1.807) is 7.11 Å². The third-order valence-corrected chi connectivity index (χ3v) is 5.75. The molecule has 142 valence electrons. The molecule has 8 nitrogen and oxygen atoms in total. The van der Waals surface area contributed by atoms with Gasteiger partial charge < -0.3 is 9.72 Å². The maximum absolute atomic E-state index is 12.2. The van der Waals surface area contributed by atoms with E-state index in [1.165, 1.54) is 0 Å². The molecular formula is C18H20N4O4S. The number of fused-ring (bicyclic) bond motifs is 2. The lowest BCUT2D eigenvalue weighted by molar-refractivity contribution is 0.240.